The lowest BCUT2D eigenvalue weighted by Gasteiger charge is -2.08. The van der Waals surface area contributed by atoms with Crippen molar-refractivity contribution in [2.75, 3.05) is 6.61 Å². The van der Waals surface area contributed by atoms with Crippen LogP contribution in [-0.4, -0.2) is 19.6 Å². The van der Waals surface area contributed by atoms with E-state index in [-0.39, 0.29) is 6.61 Å². The second kappa shape index (κ2) is 4.92. The van der Waals surface area contributed by atoms with Gasteiger partial charge < -0.3 is 9.84 Å². The van der Waals surface area contributed by atoms with E-state index in [9.17, 15) is 0 Å². The number of hydrogen-bond donors (Lipinski definition) is 1. The Balaban J connectivity index is 2.56. The van der Waals surface area contributed by atoms with Crippen molar-refractivity contribution in [3.8, 4) is 5.75 Å². The van der Waals surface area contributed by atoms with Gasteiger partial charge in [0, 0.05) is 0 Å². The van der Waals surface area contributed by atoms with Gasteiger partial charge in [-0.1, -0.05) is 19.1 Å². The summed E-state index contributed by atoms with van der Waals surface area (Å²) in [5.41, 5.74) is 0.890. The SMILES string of the molecule is BC(C)COc1cccc(CO)c1. The third kappa shape index (κ3) is 3.51. The molecule has 1 N–H and O–H groups in total. The largest absolute Gasteiger partial charge is 0.494 e. The van der Waals surface area contributed by atoms with Crippen molar-refractivity contribution in [3.63, 3.8) is 0 Å². The summed E-state index contributed by atoms with van der Waals surface area (Å²) >= 11 is 0. The molecule has 0 fully saturated rings. The summed E-state index contributed by atoms with van der Waals surface area (Å²) < 4.78 is 5.50. The molecule has 1 atom stereocenters. The minimum absolute atomic E-state index is 0.0683. The van der Waals surface area contributed by atoms with Crippen LogP contribution in [-0.2, 0) is 6.61 Å². The molecule has 3 heteroatoms. The summed E-state index contributed by atoms with van der Waals surface area (Å²) in [5.74, 6) is 1.36. The Hall–Kier alpha value is -0.955. The molecule has 0 amide bonds. The molecule has 1 rings (SSSR count). The Morgan fingerprint density at radius 1 is 1.54 bits per heavy atom. The van der Waals surface area contributed by atoms with Crippen molar-refractivity contribution in [2.24, 2.45) is 0 Å². The van der Waals surface area contributed by atoms with Gasteiger partial charge in [0.05, 0.1) is 13.2 Å². The first kappa shape index (κ1) is 10.1. The molecule has 1 aromatic rings. The smallest absolute Gasteiger partial charge is 0.119 e. The van der Waals surface area contributed by atoms with Crippen LogP contribution in [0, 0.1) is 0 Å². The highest BCUT2D eigenvalue weighted by molar-refractivity contribution is 6.11. The van der Waals surface area contributed by atoms with Crippen molar-refractivity contribution in [1.82, 2.24) is 0 Å². The van der Waals surface area contributed by atoms with Gasteiger partial charge in [-0.15, -0.1) is 0 Å². The fraction of sp³-hybridized carbons (Fsp3) is 0.400. The zero-order chi connectivity index (χ0) is 9.68. The summed E-state index contributed by atoms with van der Waals surface area (Å²) in [5, 5.41) is 8.88. The molecule has 70 valence electrons. The molecule has 0 saturated carbocycles. The Morgan fingerprint density at radius 2 is 2.31 bits per heavy atom. The van der Waals surface area contributed by atoms with Crippen LogP contribution < -0.4 is 4.74 Å². The molecule has 0 heterocycles. The number of rotatable bonds is 4. The summed E-state index contributed by atoms with van der Waals surface area (Å²) in [6, 6.07) is 7.54. The molecule has 0 aliphatic rings. The van der Waals surface area contributed by atoms with Gasteiger partial charge in [0.15, 0.2) is 0 Å². The second-order valence-corrected chi connectivity index (χ2v) is 3.51. The van der Waals surface area contributed by atoms with Crippen LogP contribution in [0.25, 0.3) is 0 Å². The molecule has 0 spiro atoms. The zero-order valence-corrected chi connectivity index (χ0v) is 8.16. The molecular weight excluding hydrogens is 163 g/mol. The summed E-state index contributed by atoms with van der Waals surface area (Å²) in [6.07, 6.45) is 0. The van der Waals surface area contributed by atoms with E-state index in [2.05, 4.69) is 14.8 Å². The normalized spacial score (nSPS) is 12.5. The van der Waals surface area contributed by atoms with Crippen LogP contribution in [0.3, 0.4) is 0 Å². The molecule has 2 nitrogen and oxygen atoms in total. The van der Waals surface area contributed by atoms with Crippen LogP contribution in [0.1, 0.15) is 12.5 Å². The van der Waals surface area contributed by atoms with Crippen LogP contribution in [0.5, 0.6) is 5.75 Å². The molecule has 1 unspecified atom stereocenters. The molecule has 13 heavy (non-hydrogen) atoms. The fourth-order valence-electron chi connectivity index (χ4n) is 0.997. The fourth-order valence-corrected chi connectivity index (χ4v) is 0.997. The summed E-state index contributed by atoms with van der Waals surface area (Å²) in [7, 11) is 2.11. The van der Waals surface area contributed by atoms with Gasteiger partial charge in [0.25, 0.3) is 0 Å². The number of hydrogen-bond acceptors (Lipinski definition) is 2. The topological polar surface area (TPSA) is 29.5 Å². The average Bonchev–Trinajstić information content (AvgIpc) is 2.15. The maximum atomic E-state index is 8.88. The first-order valence-corrected chi connectivity index (χ1v) is 4.55. The van der Waals surface area contributed by atoms with Gasteiger partial charge in [-0.05, 0) is 23.5 Å². The second-order valence-electron chi connectivity index (χ2n) is 3.51. The monoisotopic (exact) mass is 178 g/mol. The van der Waals surface area contributed by atoms with E-state index in [1.807, 2.05) is 24.3 Å². The van der Waals surface area contributed by atoms with Gasteiger partial charge in [-0.2, -0.15) is 0 Å². The first-order valence-electron chi connectivity index (χ1n) is 4.55. The van der Waals surface area contributed by atoms with Gasteiger partial charge in [0.1, 0.15) is 13.6 Å². The summed E-state index contributed by atoms with van der Waals surface area (Å²) in [6.45, 7) is 2.89. The predicted molar refractivity (Wildman–Crippen MR) is 55.8 cm³/mol. The molecule has 0 aromatic heterocycles. The number of aliphatic hydroxyl groups is 1. The molecule has 0 radical (unpaired) electrons. The van der Waals surface area contributed by atoms with E-state index in [0.29, 0.717) is 5.82 Å². The molecule has 0 saturated heterocycles. The van der Waals surface area contributed by atoms with Gasteiger partial charge in [-0.3, -0.25) is 0 Å². The Morgan fingerprint density at radius 3 is 2.92 bits per heavy atom. The quantitative estimate of drug-likeness (QED) is 0.697. The van der Waals surface area contributed by atoms with Crippen molar-refractivity contribution in [3.05, 3.63) is 29.8 Å². The maximum Gasteiger partial charge on any atom is 0.119 e. The maximum absolute atomic E-state index is 8.88. The highest BCUT2D eigenvalue weighted by atomic mass is 16.5. The minimum Gasteiger partial charge on any atom is -0.494 e. The average molecular weight is 178 g/mol. The van der Waals surface area contributed by atoms with Crippen molar-refractivity contribution < 1.29 is 9.84 Å². The number of ether oxygens (including phenoxy) is 1. The molecular formula is C10H15BO2. The zero-order valence-electron chi connectivity index (χ0n) is 8.16. The van der Waals surface area contributed by atoms with Crippen molar-refractivity contribution in [2.45, 2.75) is 19.3 Å². The lowest BCUT2D eigenvalue weighted by molar-refractivity contribution is 0.279. The van der Waals surface area contributed by atoms with E-state index in [4.69, 9.17) is 9.84 Å². The van der Waals surface area contributed by atoms with Crippen molar-refractivity contribution >= 4 is 7.85 Å². The van der Waals surface area contributed by atoms with Gasteiger partial charge in [0.2, 0.25) is 0 Å². The third-order valence-corrected chi connectivity index (χ3v) is 1.66. The van der Waals surface area contributed by atoms with Crippen LogP contribution >= 0.6 is 0 Å². The van der Waals surface area contributed by atoms with E-state index < -0.39 is 0 Å². The van der Waals surface area contributed by atoms with E-state index in [0.717, 1.165) is 17.9 Å². The molecule has 0 aliphatic carbocycles. The van der Waals surface area contributed by atoms with Crippen LogP contribution in [0.4, 0.5) is 0 Å². The van der Waals surface area contributed by atoms with Crippen LogP contribution in [0.2, 0.25) is 5.82 Å². The lowest BCUT2D eigenvalue weighted by Crippen LogP contribution is -2.03. The van der Waals surface area contributed by atoms with E-state index in [1.165, 1.54) is 0 Å². The number of aliphatic hydroxyl groups excluding tert-OH is 1. The first-order chi connectivity index (χ1) is 6.22. The predicted octanol–water partition coefficient (Wildman–Crippen LogP) is 0.999. The third-order valence-electron chi connectivity index (χ3n) is 1.66. The van der Waals surface area contributed by atoms with Gasteiger partial charge >= 0.3 is 0 Å². The lowest BCUT2D eigenvalue weighted by atomic mass is 9.91. The Labute approximate surface area is 80.0 Å². The van der Waals surface area contributed by atoms with Gasteiger partial charge in [-0.25, -0.2) is 0 Å². The van der Waals surface area contributed by atoms with Crippen LogP contribution in [0.15, 0.2) is 24.3 Å². The Bertz CT molecular complexity index is 261. The highest BCUT2D eigenvalue weighted by Crippen LogP contribution is 2.14. The highest BCUT2D eigenvalue weighted by Gasteiger charge is 1.97. The summed E-state index contributed by atoms with van der Waals surface area (Å²) in [4.78, 5) is 0. The molecule has 0 bridgehead atoms. The minimum atomic E-state index is 0.0683. The van der Waals surface area contributed by atoms with E-state index >= 15 is 0 Å². The Kier molecular flexibility index (Phi) is 3.84. The molecule has 1 aromatic carbocycles. The number of benzene rings is 1. The van der Waals surface area contributed by atoms with Crippen molar-refractivity contribution in [1.29, 1.82) is 0 Å². The molecule has 0 aliphatic heterocycles. The van der Waals surface area contributed by atoms with E-state index in [1.54, 1.807) is 0 Å². The standard InChI is InChI=1S/C10H15BO2/c1-8(11)7-13-10-4-2-3-9(5-10)6-12/h2-5,8,12H,6-7,11H2,1H3.